The first-order valence-electron chi connectivity index (χ1n) is 32.8. The first kappa shape index (κ1) is 80.9. The molecule has 0 amide bonds. The van der Waals surface area contributed by atoms with Gasteiger partial charge in [-0.2, -0.15) is 43.9 Å². The molecule has 0 saturated heterocycles. The average molecular weight is 1410 g/mol. The van der Waals surface area contributed by atoms with Crippen molar-refractivity contribution in [3.63, 3.8) is 0 Å². The van der Waals surface area contributed by atoms with Crippen LogP contribution in [0.5, 0.6) is 34.5 Å². The zero-order valence-corrected chi connectivity index (χ0v) is 59.4. The van der Waals surface area contributed by atoms with Gasteiger partial charge in [0.05, 0.1) is 28.4 Å². The van der Waals surface area contributed by atoms with Gasteiger partial charge in [0, 0.05) is 47.1 Å². The van der Waals surface area contributed by atoms with E-state index >= 15 is 0 Å². The van der Waals surface area contributed by atoms with Crippen molar-refractivity contribution < 1.29 is 91.5 Å². The fourth-order valence-corrected chi connectivity index (χ4v) is 12.6. The smallest absolute Gasteiger partial charge is 0.384 e. The van der Waals surface area contributed by atoms with Gasteiger partial charge in [-0.1, -0.05) is 105 Å². The zero-order chi connectivity index (χ0) is 75.1. The van der Waals surface area contributed by atoms with E-state index in [-0.39, 0.29) is 34.0 Å². The molecule has 0 unspecified atom stereocenters. The van der Waals surface area contributed by atoms with Crippen molar-refractivity contribution in [1.29, 1.82) is 0 Å². The van der Waals surface area contributed by atoms with Crippen LogP contribution in [0.4, 0.5) is 43.9 Å². The average Bonchev–Trinajstić information content (AvgIpc) is 1.10. The second kappa shape index (κ2) is 34.1. The van der Waals surface area contributed by atoms with Gasteiger partial charge in [-0.25, -0.2) is 0 Å². The van der Waals surface area contributed by atoms with Gasteiger partial charge in [0.25, 0.3) is 0 Å². The van der Waals surface area contributed by atoms with Crippen LogP contribution >= 0.6 is 0 Å². The molecule has 2 fully saturated rings. The fraction of sp³-hybridized carbons (Fsp3) is 0.383. The summed E-state index contributed by atoms with van der Waals surface area (Å²) in [6, 6.07) is 51.6. The molecule has 8 aromatic rings. The maximum atomic E-state index is 12.8. The molecule has 2 aliphatic rings. The van der Waals surface area contributed by atoms with Gasteiger partial charge < -0.3 is 28.4 Å². The lowest BCUT2D eigenvalue weighted by Crippen LogP contribution is -2.67. The van der Waals surface area contributed by atoms with Crippen molar-refractivity contribution >= 4 is 33.9 Å². The van der Waals surface area contributed by atoms with E-state index in [2.05, 4.69) is 105 Å². The summed E-state index contributed by atoms with van der Waals surface area (Å²) in [5.41, 5.74) is 13.5. The van der Waals surface area contributed by atoms with E-state index in [0.717, 1.165) is 33.8 Å². The number of hydrogen-bond donors (Lipinski definition) is 0. The molecule has 0 N–H and O–H groups in total. The zero-order valence-electron chi connectivity index (χ0n) is 59.4. The lowest BCUT2D eigenvalue weighted by molar-refractivity contribution is -0.401. The number of Topliss-reactive ketones (excluding diaryl/α,β-unsaturated/α-hetero) is 4. The van der Waals surface area contributed by atoms with Crippen molar-refractivity contribution in [2.24, 2.45) is 0 Å². The molecule has 0 heterocycles. The van der Waals surface area contributed by atoms with E-state index in [4.69, 9.17) is 23.7 Å². The standard InChI is InChI=1S/C22H28O2.C21H26O2.C16H14O3.C14H12O2.C8H8F10O/c1-16-14-18(8-10-20(16)23-3)22(12-6-5-7-13-22)19-9-11-21(24-4)17(2)15-19;1-15-13-17(7-9-19(15)22-3)21(11-5-6-12-21)18-8-10-20(23-4)16(2)14-18;1-11(17)13-3-7-15(8-4-13)19-16-9-5-14(6-10-16)12(2)18;1-9(15)11-3-5-14-8-12(10(2)16)4-6-13(14)7-11;1-4(9,10)6(13,14)8(17,18)7(15,16)5(11,12)3-19-2/h8-11,14-15H,5-7,12-13H2,1-4H3;7-10,13-14H,5-6,11-12H2,1-4H3;3-10H,1-2H3;3-8H,1-2H3;3H2,1-2H3. The van der Waals surface area contributed by atoms with Crippen LogP contribution in [-0.2, 0) is 15.6 Å². The van der Waals surface area contributed by atoms with E-state index in [1.165, 1.54) is 116 Å². The Hall–Kier alpha value is -9.04. The van der Waals surface area contributed by atoms with Crippen molar-refractivity contribution in [1.82, 2.24) is 0 Å². The lowest BCUT2D eigenvalue weighted by atomic mass is 9.65. The van der Waals surface area contributed by atoms with Gasteiger partial charge in [-0.05, 0) is 221 Å². The highest BCUT2D eigenvalue weighted by molar-refractivity contribution is 6.02. The molecule has 10 nitrogen and oxygen atoms in total. The number of carbonyl (C=O) groups excluding carboxylic acids is 4. The Balaban J connectivity index is 0.000000200. The molecular weight excluding hydrogens is 1320 g/mol. The third kappa shape index (κ3) is 18.7. The van der Waals surface area contributed by atoms with Crippen molar-refractivity contribution in [3.05, 3.63) is 224 Å². The lowest BCUT2D eigenvalue weighted by Gasteiger charge is -2.39. The molecule has 542 valence electrons. The highest BCUT2D eigenvalue weighted by atomic mass is 19.4. The molecule has 10 rings (SSSR count). The third-order valence-corrected chi connectivity index (χ3v) is 18.5. The number of benzene rings is 8. The Bertz CT molecular complexity index is 3930. The minimum atomic E-state index is -6.99. The van der Waals surface area contributed by atoms with E-state index in [1.807, 2.05) is 24.3 Å². The van der Waals surface area contributed by atoms with Crippen LogP contribution in [0.15, 0.2) is 158 Å². The number of hydrogen-bond acceptors (Lipinski definition) is 10. The first-order valence-corrected chi connectivity index (χ1v) is 32.8. The maximum Gasteiger partial charge on any atom is 0.384 e. The van der Waals surface area contributed by atoms with Gasteiger partial charge >= 0.3 is 29.6 Å². The van der Waals surface area contributed by atoms with Crippen molar-refractivity contribution in [2.45, 2.75) is 161 Å². The topological polar surface area (TPSA) is 124 Å². The van der Waals surface area contributed by atoms with Crippen LogP contribution in [0.2, 0.25) is 0 Å². The quantitative estimate of drug-likeness (QED) is 0.0538. The molecule has 0 atom stereocenters. The number of fused-ring (bicyclic) bond motifs is 1. The normalized spacial score (nSPS) is 14.2. The largest absolute Gasteiger partial charge is 0.496 e. The van der Waals surface area contributed by atoms with Crippen LogP contribution in [-0.4, -0.2) is 94.9 Å². The van der Waals surface area contributed by atoms with Gasteiger partial charge in [0.1, 0.15) is 41.1 Å². The van der Waals surface area contributed by atoms with Crippen LogP contribution in [0, 0.1) is 27.7 Å². The Kier molecular flexibility index (Phi) is 27.3. The Morgan fingerprint density at radius 1 is 0.356 bits per heavy atom. The Morgan fingerprint density at radius 2 is 0.634 bits per heavy atom. The summed E-state index contributed by atoms with van der Waals surface area (Å²) < 4.78 is 157. The molecule has 2 aliphatic carbocycles. The predicted octanol–water partition coefficient (Wildman–Crippen LogP) is 21.7. The molecule has 0 bridgehead atoms. The number of halogens is 10. The van der Waals surface area contributed by atoms with E-state index in [0.29, 0.717) is 40.9 Å². The summed E-state index contributed by atoms with van der Waals surface area (Å²) in [7, 11) is 7.37. The van der Waals surface area contributed by atoms with Crippen LogP contribution in [0.3, 0.4) is 0 Å². The highest BCUT2D eigenvalue weighted by Gasteiger charge is 2.85. The second-order valence-electron chi connectivity index (χ2n) is 25.6. The summed E-state index contributed by atoms with van der Waals surface area (Å²) in [6.45, 7) is 11.5. The molecule has 0 spiro atoms. The van der Waals surface area contributed by atoms with Gasteiger partial charge in [-0.3, -0.25) is 19.2 Å². The molecule has 101 heavy (non-hydrogen) atoms. The number of ether oxygens (including phenoxy) is 6. The molecular formula is C81H88F10O10. The Labute approximate surface area is 584 Å². The van der Waals surface area contributed by atoms with E-state index in [1.54, 1.807) is 103 Å². The molecule has 2 saturated carbocycles. The summed E-state index contributed by atoms with van der Waals surface area (Å²) >= 11 is 0. The summed E-state index contributed by atoms with van der Waals surface area (Å²) in [4.78, 5) is 44.7. The van der Waals surface area contributed by atoms with Gasteiger partial charge in [0.15, 0.2) is 23.1 Å². The molecule has 0 radical (unpaired) electrons. The van der Waals surface area contributed by atoms with Gasteiger partial charge in [0.2, 0.25) is 0 Å². The predicted molar refractivity (Wildman–Crippen MR) is 373 cm³/mol. The van der Waals surface area contributed by atoms with Crippen LogP contribution < -0.4 is 23.7 Å². The van der Waals surface area contributed by atoms with Crippen LogP contribution in [0.25, 0.3) is 10.8 Å². The van der Waals surface area contributed by atoms with Gasteiger partial charge in [-0.15, -0.1) is 0 Å². The number of methoxy groups -OCH3 is 5. The monoisotopic (exact) mass is 1410 g/mol. The number of aryl methyl sites for hydroxylation is 4. The third-order valence-electron chi connectivity index (χ3n) is 18.5. The number of ketones is 4. The summed E-state index contributed by atoms with van der Waals surface area (Å²) in [5, 5.41) is 1.97. The SMILES string of the molecule is CC(=O)c1ccc(Oc2ccc(C(C)=O)cc2)cc1.CC(=O)c1ccc2cc(C(C)=O)ccc2c1.COCC(F)(F)C(F)(F)C(F)(F)C(F)(F)C(C)(F)F.COc1ccc(C2(c3ccc(OC)c(C)c3)CCCC2)cc1C.COc1ccc(C2(c3ccc(OC)c(C)c3)CCCCC2)cc1C. The minimum absolute atomic E-state index is 0.0253. The molecule has 0 aliphatic heterocycles. The first-order chi connectivity index (χ1) is 47.4. The van der Waals surface area contributed by atoms with Crippen LogP contribution in [0.1, 0.15) is 178 Å². The Morgan fingerprint density at radius 3 is 0.881 bits per heavy atom. The van der Waals surface area contributed by atoms with Crippen molar-refractivity contribution in [3.8, 4) is 34.5 Å². The summed E-state index contributed by atoms with van der Waals surface area (Å²) in [5.74, 6) is -26.5. The number of alkyl halides is 10. The maximum absolute atomic E-state index is 12.8. The molecule has 0 aromatic heterocycles. The van der Waals surface area contributed by atoms with E-state index < -0.39 is 43.1 Å². The highest BCUT2D eigenvalue weighted by Crippen LogP contribution is 2.57. The second-order valence-corrected chi connectivity index (χ2v) is 25.6. The number of rotatable bonds is 20. The summed E-state index contributed by atoms with van der Waals surface area (Å²) in [6.07, 6.45) is 11.3. The fourth-order valence-electron chi connectivity index (χ4n) is 12.6. The molecule has 8 aromatic carbocycles. The number of carbonyl (C=O) groups is 4. The molecule has 20 heteroatoms. The van der Waals surface area contributed by atoms with Crippen molar-refractivity contribution in [2.75, 3.05) is 42.2 Å². The minimum Gasteiger partial charge on any atom is -0.496 e. The van der Waals surface area contributed by atoms with E-state index in [9.17, 15) is 63.1 Å².